The summed E-state index contributed by atoms with van der Waals surface area (Å²) in [7, 11) is 0. The molecule has 6 nitrogen and oxygen atoms in total. The maximum absolute atomic E-state index is 11.1. The number of aryl methyl sites for hydroxylation is 4. The second-order valence-corrected chi connectivity index (χ2v) is 18.9. The van der Waals surface area contributed by atoms with Crippen LogP contribution in [0.15, 0.2) is 218 Å². The first-order chi connectivity index (χ1) is 35.8. The number of benzene rings is 9. The van der Waals surface area contributed by atoms with E-state index in [4.69, 9.17) is 19.9 Å². The van der Waals surface area contributed by atoms with Gasteiger partial charge in [0.1, 0.15) is 0 Å². The third-order valence-corrected chi connectivity index (χ3v) is 13.8. The lowest BCUT2D eigenvalue weighted by Crippen LogP contribution is -2.05. The van der Waals surface area contributed by atoms with Crippen LogP contribution in [0.2, 0.25) is 0 Å². The molecule has 9 aromatic carbocycles. The van der Waals surface area contributed by atoms with Gasteiger partial charge in [-0.25, -0.2) is 19.9 Å². The first-order valence-electron chi connectivity index (χ1n) is 24.6. The second-order valence-electron chi connectivity index (χ2n) is 18.9. The Labute approximate surface area is 425 Å². The van der Waals surface area contributed by atoms with Crippen LogP contribution in [0.25, 0.3) is 118 Å². The Morgan fingerprint density at radius 2 is 0.726 bits per heavy atom. The van der Waals surface area contributed by atoms with Crippen molar-refractivity contribution in [2.45, 2.75) is 27.7 Å². The van der Waals surface area contributed by atoms with E-state index in [0.717, 1.165) is 83.4 Å². The minimum Gasteiger partial charge on any atom is -0.308 e. The van der Waals surface area contributed by atoms with Crippen molar-refractivity contribution < 1.29 is 0 Å². The standard InChI is InChI=1S/C67H48N6/c1-42-25-29-53(44(3)33-42)51-27-31-63-55(37-51)56-38-52(54-30-26-43(2)34-45(54)4)28-32-64(56)73(63)65-57(61-39-59(47-17-9-5-10-18-47)69-66(71-61)49-21-13-7-14-22-49)35-46(41-68)36-58(65)62-40-60(48-19-11-6-12-20-48)70-67(72-62)50-23-15-8-16-24-50/h5-40H,1-4H3. The maximum atomic E-state index is 11.1. The molecule has 0 N–H and O–H groups in total. The number of aromatic nitrogens is 5. The van der Waals surface area contributed by atoms with Gasteiger partial charge in [-0.2, -0.15) is 5.26 Å². The minimum atomic E-state index is 0.464. The van der Waals surface area contributed by atoms with Crippen molar-refractivity contribution in [3.63, 3.8) is 0 Å². The van der Waals surface area contributed by atoms with Crippen LogP contribution in [-0.4, -0.2) is 24.5 Å². The molecule has 73 heavy (non-hydrogen) atoms. The van der Waals surface area contributed by atoms with Crippen molar-refractivity contribution in [3.05, 3.63) is 246 Å². The van der Waals surface area contributed by atoms with Crippen molar-refractivity contribution in [2.24, 2.45) is 0 Å². The van der Waals surface area contributed by atoms with Crippen LogP contribution in [0.4, 0.5) is 0 Å². The highest BCUT2D eigenvalue weighted by Gasteiger charge is 2.26. The van der Waals surface area contributed by atoms with Gasteiger partial charge in [0.15, 0.2) is 11.6 Å². The predicted octanol–water partition coefficient (Wildman–Crippen LogP) is 16.8. The number of rotatable bonds is 9. The van der Waals surface area contributed by atoms with Crippen LogP contribution < -0.4 is 0 Å². The number of hydrogen-bond donors (Lipinski definition) is 0. The molecule has 0 bridgehead atoms. The van der Waals surface area contributed by atoms with Crippen molar-refractivity contribution in [1.82, 2.24) is 24.5 Å². The molecule has 0 aliphatic rings. The van der Waals surface area contributed by atoms with Crippen LogP contribution >= 0.6 is 0 Å². The first kappa shape index (κ1) is 44.6. The molecule has 346 valence electrons. The molecule has 0 spiro atoms. The van der Waals surface area contributed by atoms with Crippen LogP contribution in [0.1, 0.15) is 27.8 Å². The zero-order chi connectivity index (χ0) is 49.6. The number of nitrogens with zero attached hydrogens (tertiary/aromatic N) is 6. The summed E-state index contributed by atoms with van der Waals surface area (Å²) in [4.78, 5) is 21.3. The molecular formula is C67H48N6. The Bertz CT molecular complexity index is 3740. The normalized spacial score (nSPS) is 11.3. The fourth-order valence-electron chi connectivity index (χ4n) is 10.3. The van der Waals surface area contributed by atoms with Crippen molar-refractivity contribution in [1.29, 1.82) is 5.26 Å². The lowest BCUT2D eigenvalue weighted by molar-refractivity contribution is 1.14. The summed E-state index contributed by atoms with van der Waals surface area (Å²) >= 11 is 0. The van der Waals surface area contributed by atoms with Gasteiger partial charge in [0.2, 0.25) is 0 Å². The first-order valence-corrected chi connectivity index (χ1v) is 24.6. The Balaban J connectivity index is 1.24. The Kier molecular flexibility index (Phi) is 11.4. The molecule has 0 radical (unpaired) electrons. The largest absolute Gasteiger partial charge is 0.308 e. The summed E-state index contributed by atoms with van der Waals surface area (Å²) < 4.78 is 2.37. The third kappa shape index (κ3) is 8.43. The second kappa shape index (κ2) is 18.6. The van der Waals surface area contributed by atoms with Gasteiger partial charge in [-0.1, -0.05) is 181 Å². The number of nitriles is 1. The molecule has 0 saturated carbocycles. The molecule has 0 unspecified atom stereocenters. The van der Waals surface area contributed by atoms with E-state index in [1.807, 2.05) is 109 Å². The van der Waals surface area contributed by atoms with E-state index in [1.54, 1.807) is 0 Å². The van der Waals surface area contributed by atoms with Crippen LogP contribution in [0.5, 0.6) is 0 Å². The SMILES string of the molecule is Cc1ccc(-c2ccc3c(c2)c2cc(-c4ccc(C)cc4C)ccc2n3-c2c(-c3cc(-c4ccccc4)nc(-c4ccccc4)n3)cc(C#N)cc2-c2cc(-c3ccccc3)nc(-c3ccccc3)n2)c(C)c1. The fourth-order valence-corrected chi connectivity index (χ4v) is 10.3. The van der Waals surface area contributed by atoms with Crippen molar-refractivity contribution >= 4 is 21.8 Å². The molecule has 0 amide bonds. The van der Waals surface area contributed by atoms with E-state index in [0.29, 0.717) is 28.6 Å². The van der Waals surface area contributed by atoms with E-state index < -0.39 is 0 Å². The zero-order valence-corrected chi connectivity index (χ0v) is 41.0. The third-order valence-electron chi connectivity index (χ3n) is 13.8. The van der Waals surface area contributed by atoms with Gasteiger partial charge in [0, 0.05) is 44.2 Å². The highest BCUT2D eigenvalue weighted by atomic mass is 15.0. The average molecular weight is 937 g/mol. The highest BCUT2D eigenvalue weighted by Crippen LogP contribution is 2.45. The van der Waals surface area contributed by atoms with Gasteiger partial charge >= 0.3 is 0 Å². The van der Waals surface area contributed by atoms with Crippen molar-refractivity contribution in [2.75, 3.05) is 0 Å². The summed E-state index contributed by atoms with van der Waals surface area (Å²) in [5.41, 5.74) is 20.8. The Morgan fingerprint density at radius 3 is 1.11 bits per heavy atom. The molecule has 6 heteroatoms. The van der Waals surface area contributed by atoms with Crippen LogP contribution in [0, 0.1) is 39.0 Å². The molecule has 0 saturated heterocycles. The molecule has 3 aromatic heterocycles. The minimum absolute atomic E-state index is 0.464. The molecule has 3 heterocycles. The zero-order valence-electron chi connectivity index (χ0n) is 41.0. The molecule has 12 aromatic rings. The molecular weight excluding hydrogens is 889 g/mol. The van der Waals surface area contributed by atoms with Gasteiger partial charge in [-0.05, 0) is 110 Å². The molecule has 0 aliphatic heterocycles. The van der Waals surface area contributed by atoms with E-state index in [-0.39, 0.29) is 0 Å². The van der Waals surface area contributed by atoms with E-state index in [2.05, 4.69) is 148 Å². The fraction of sp³-hybridized carbons (Fsp3) is 0.0597. The van der Waals surface area contributed by atoms with Gasteiger partial charge in [0.05, 0.1) is 51.1 Å². The van der Waals surface area contributed by atoms with Crippen LogP contribution in [-0.2, 0) is 0 Å². The maximum Gasteiger partial charge on any atom is 0.160 e. The number of fused-ring (bicyclic) bond motifs is 3. The molecule has 0 aliphatic carbocycles. The predicted molar refractivity (Wildman–Crippen MR) is 299 cm³/mol. The number of hydrogen-bond acceptors (Lipinski definition) is 5. The van der Waals surface area contributed by atoms with Gasteiger partial charge in [-0.3, -0.25) is 0 Å². The summed E-state index contributed by atoms with van der Waals surface area (Å²) in [5, 5.41) is 13.3. The topological polar surface area (TPSA) is 80.3 Å². The monoisotopic (exact) mass is 936 g/mol. The summed E-state index contributed by atoms with van der Waals surface area (Å²) in [6.07, 6.45) is 0. The van der Waals surface area contributed by atoms with Gasteiger partial charge in [-0.15, -0.1) is 0 Å². The lowest BCUT2D eigenvalue weighted by Gasteiger charge is -2.20. The van der Waals surface area contributed by atoms with Gasteiger partial charge < -0.3 is 4.57 Å². The smallest absolute Gasteiger partial charge is 0.160 e. The lowest BCUT2D eigenvalue weighted by atomic mass is 9.95. The molecule has 0 fully saturated rings. The molecule has 12 rings (SSSR count). The Hall–Kier alpha value is -9.57. The van der Waals surface area contributed by atoms with Crippen LogP contribution in [0.3, 0.4) is 0 Å². The van der Waals surface area contributed by atoms with Gasteiger partial charge in [0.25, 0.3) is 0 Å². The molecule has 0 atom stereocenters. The Morgan fingerprint density at radius 1 is 0.342 bits per heavy atom. The van der Waals surface area contributed by atoms with E-state index in [1.165, 1.54) is 33.4 Å². The van der Waals surface area contributed by atoms with E-state index >= 15 is 0 Å². The van der Waals surface area contributed by atoms with Crippen molar-refractivity contribution in [3.8, 4) is 102 Å². The average Bonchev–Trinajstić information content (AvgIpc) is 3.76. The quantitative estimate of drug-likeness (QED) is 0.144. The highest BCUT2D eigenvalue weighted by molar-refractivity contribution is 6.13. The van der Waals surface area contributed by atoms with E-state index in [9.17, 15) is 5.26 Å². The summed E-state index contributed by atoms with van der Waals surface area (Å²) in [6, 6.07) is 78.3. The summed E-state index contributed by atoms with van der Waals surface area (Å²) in [5.74, 6) is 1.15. The summed E-state index contributed by atoms with van der Waals surface area (Å²) in [6.45, 7) is 8.66.